The Bertz CT molecular complexity index is 705. The number of anilines is 1. The lowest BCUT2D eigenvalue weighted by molar-refractivity contribution is 0.596. The smallest absolute Gasteiger partial charge is 0.269 e. The maximum Gasteiger partial charge on any atom is 0.273 e. The molecule has 1 aromatic carbocycles. The quantitative estimate of drug-likeness (QED) is 0.797. The first-order valence-electron chi connectivity index (χ1n) is 6.07. The predicted octanol–water partition coefficient (Wildman–Crippen LogP) is 3.93. The molecule has 20 heavy (non-hydrogen) atoms. The zero-order valence-electron chi connectivity index (χ0n) is 11.6. The normalized spacial score (nSPS) is 11.6. The number of nitrogens with zero attached hydrogens (tertiary/aromatic N) is 1. The second-order valence-electron chi connectivity index (χ2n) is 4.61. The molecule has 0 saturated carbocycles. The van der Waals surface area contributed by atoms with E-state index in [9.17, 15) is 8.42 Å². The molecule has 0 N–H and O–H groups in total. The van der Waals surface area contributed by atoms with Crippen LogP contribution in [0.2, 0.25) is 0 Å². The second kappa shape index (κ2) is 5.76. The number of thiophene rings is 1. The third-order valence-electron chi connectivity index (χ3n) is 3.13. The minimum Gasteiger partial charge on any atom is -0.269 e. The predicted molar refractivity (Wildman–Crippen MR) is 85.4 cm³/mol. The lowest BCUT2D eigenvalue weighted by Crippen LogP contribution is -2.25. The molecule has 108 valence electrons. The fourth-order valence-corrected chi connectivity index (χ4v) is 4.96. The number of benzene rings is 1. The van der Waals surface area contributed by atoms with E-state index in [1.54, 1.807) is 25.2 Å². The standard InChI is InChI=1S/C14H16ClNO2S2/c1-10-4-6-12(7-5-10)16(3)20(17,18)14-8-11(2)13(9-15)19-14/h4-8H,9H2,1-3H3. The van der Waals surface area contributed by atoms with Gasteiger partial charge in [-0.1, -0.05) is 17.7 Å². The van der Waals surface area contributed by atoms with Crippen LogP contribution in [0.1, 0.15) is 16.0 Å². The van der Waals surface area contributed by atoms with Crippen LogP contribution in [-0.2, 0) is 15.9 Å². The van der Waals surface area contributed by atoms with Crippen LogP contribution >= 0.6 is 22.9 Å². The van der Waals surface area contributed by atoms with E-state index in [-0.39, 0.29) is 0 Å². The molecule has 0 atom stereocenters. The topological polar surface area (TPSA) is 37.4 Å². The van der Waals surface area contributed by atoms with Crippen LogP contribution in [0.5, 0.6) is 0 Å². The van der Waals surface area contributed by atoms with Crippen molar-refractivity contribution < 1.29 is 8.42 Å². The lowest BCUT2D eigenvalue weighted by atomic mass is 10.2. The van der Waals surface area contributed by atoms with Crippen LogP contribution in [0.25, 0.3) is 0 Å². The van der Waals surface area contributed by atoms with Gasteiger partial charge in [0, 0.05) is 11.9 Å². The van der Waals surface area contributed by atoms with Crippen molar-refractivity contribution in [2.75, 3.05) is 11.4 Å². The summed E-state index contributed by atoms with van der Waals surface area (Å²) in [5.74, 6) is 0.334. The van der Waals surface area contributed by atoms with Crippen LogP contribution < -0.4 is 4.31 Å². The molecule has 0 radical (unpaired) electrons. The lowest BCUT2D eigenvalue weighted by Gasteiger charge is -2.18. The largest absolute Gasteiger partial charge is 0.273 e. The van der Waals surface area contributed by atoms with Gasteiger partial charge in [-0.2, -0.15) is 0 Å². The van der Waals surface area contributed by atoms with Gasteiger partial charge in [0.25, 0.3) is 10.0 Å². The number of sulfonamides is 1. The highest BCUT2D eigenvalue weighted by Crippen LogP contribution is 2.31. The van der Waals surface area contributed by atoms with Gasteiger partial charge in [0.15, 0.2) is 0 Å². The van der Waals surface area contributed by atoms with Gasteiger partial charge in [-0.15, -0.1) is 22.9 Å². The number of aryl methyl sites for hydroxylation is 2. The molecule has 0 aliphatic carbocycles. The maximum absolute atomic E-state index is 12.6. The van der Waals surface area contributed by atoms with Crippen molar-refractivity contribution in [2.24, 2.45) is 0 Å². The van der Waals surface area contributed by atoms with Crippen molar-refractivity contribution in [3.8, 4) is 0 Å². The van der Waals surface area contributed by atoms with Gasteiger partial charge in [-0.3, -0.25) is 4.31 Å². The second-order valence-corrected chi connectivity index (χ2v) is 8.21. The van der Waals surface area contributed by atoms with Crippen LogP contribution in [0, 0.1) is 13.8 Å². The molecule has 2 rings (SSSR count). The summed E-state index contributed by atoms with van der Waals surface area (Å²) in [5, 5.41) is 0. The Labute approximate surface area is 128 Å². The van der Waals surface area contributed by atoms with E-state index in [0.717, 1.165) is 16.0 Å². The SMILES string of the molecule is Cc1ccc(N(C)S(=O)(=O)c2cc(C)c(CCl)s2)cc1. The highest BCUT2D eigenvalue weighted by Gasteiger charge is 2.24. The molecule has 2 aromatic rings. The molecule has 0 spiro atoms. The first kappa shape index (κ1) is 15.4. The van der Waals surface area contributed by atoms with Crippen LogP contribution in [0.3, 0.4) is 0 Å². The Morgan fingerprint density at radius 3 is 2.30 bits per heavy atom. The van der Waals surface area contributed by atoms with Crippen molar-refractivity contribution >= 4 is 38.6 Å². The molecule has 3 nitrogen and oxygen atoms in total. The van der Waals surface area contributed by atoms with Gasteiger partial charge in [0.05, 0.1) is 11.6 Å². The van der Waals surface area contributed by atoms with Crippen molar-refractivity contribution in [3.63, 3.8) is 0 Å². The Kier molecular flexibility index (Phi) is 4.42. The van der Waals surface area contributed by atoms with E-state index < -0.39 is 10.0 Å². The summed E-state index contributed by atoms with van der Waals surface area (Å²) >= 11 is 7.04. The van der Waals surface area contributed by atoms with E-state index in [4.69, 9.17) is 11.6 Å². The molecule has 0 amide bonds. The average Bonchev–Trinajstić information content (AvgIpc) is 2.80. The van der Waals surface area contributed by atoms with E-state index >= 15 is 0 Å². The van der Waals surface area contributed by atoms with Crippen molar-refractivity contribution in [3.05, 3.63) is 46.3 Å². The van der Waals surface area contributed by atoms with E-state index in [1.807, 2.05) is 26.0 Å². The first-order valence-corrected chi connectivity index (χ1v) is 8.86. The highest BCUT2D eigenvalue weighted by atomic mass is 35.5. The monoisotopic (exact) mass is 329 g/mol. The van der Waals surface area contributed by atoms with Crippen LogP contribution in [-0.4, -0.2) is 15.5 Å². The minimum atomic E-state index is -3.52. The Balaban J connectivity index is 2.40. The van der Waals surface area contributed by atoms with Crippen LogP contribution in [0.4, 0.5) is 5.69 Å². The molecular formula is C14H16ClNO2S2. The Morgan fingerprint density at radius 2 is 1.80 bits per heavy atom. The van der Waals surface area contributed by atoms with E-state index in [2.05, 4.69) is 0 Å². The Hall–Kier alpha value is -1.04. The fourth-order valence-electron chi connectivity index (χ4n) is 1.78. The van der Waals surface area contributed by atoms with Gasteiger partial charge < -0.3 is 0 Å². The third kappa shape index (κ3) is 2.85. The molecule has 0 aliphatic heterocycles. The zero-order chi connectivity index (χ0) is 14.9. The molecule has 0 saturated heterocycles. The van der Waals surface area contributed by atoms with Gasteiger partial charge >= 0.3 is 0 Å². The summed E-state index contributed by atoms with van der Waals surface area (Å²) in [7, 11) is -1.96. The number of hydrogen-bond donors (Lipinski definition) is 0. The number of hydrogen-bond acceptors (Lipinski definition) is 3. The first-order chi connectivity index (χ1) is 9.36. The van der Waals surface area contributed by atoms with Crippen LogP contribution in [0.15, 0.2) is 34.5 Å². The third-order valence-corrected chi connectivity index (χ3v) is 7.03. The summed E-state index contributed by atoms with van der Waals surface area (Å²) in [6, 6.07) is 9.07. The summed E-state index contributed by atoms with van der Waals surface area (Å²) in [4.78, 5) is 0.891. The van der Waals surface area contributed by atoms with Crippen molar-refractivity contribution in [1.82, 2.24) is 0 Å². The number of alkyl halides is 1. The molecule has 6 heteroatoms. The van der Waals surface area contributed by atoms with Gasteiger partial charge in [-0.05, 0) is 37.6 Å². The van der Waals surface area contributed by atoms with E-state index in [0.29, 0.717) is 15.8 Å². The van der Waals surface area contributed by atoms with Crippen molar-refractivity contribution in [1.29, 1.82) is 0 Å². The molecule has 0 unspecified atom stereocenters. The number of rotatable bonds is 4. The average molecular weight is 330 g/mol. The molecule has 1 aromatic heterocycles. The van der Waals surface area contributed by atoms with Crippen molar-refractivity contribution in [2.45, 2.75) is 23.9 Å². The molecule has 1 heterocycles. The molecular weight excluding hydrogens is 314 g/mol. The molecule has 0 fully saturated rings. The fraction of sp³-hybridized carbons (Fsp3) is 0.286. The summed E-state index contributed by atoms with van der Waals surface area (Å²) in [6.07, 6.45) is 0. The molecule has 0 bridgehead atoms. The maximum atomic E-state index is 12.6. The molecule has 0 aliphatic rings. The summed E-state index contributed by atoms with van der Waals surface area (Å²) in [6.45, 7) is 3.84. The number of halogens is 1. The minimum absolute atomic E-state index is 0.328. The Morgan fingerprint density at radius 1 is 1.20 bits per heavy atom. The zero-order valence-corrected chi connectivity index (χ0v) is 13.9. The van der Waals surface area contributed by atoms with Gasteiger partial charge in [0.1, 0.15) is 4.21 Å². The summed E-state index contributed by atoms with van der Waals surface area (Å²) < 4.78 is 26.8. The van der Waals surface area contributed by atoms with E-state index in [1.165, 1.54) is 15.6 Å². The summed E-state index contributed by atoms with van der Waals surface area (Å²) in [5.41, 5.74) is 2.66. The van der Waals surface area contributed by atoms with Gasteiger partial charge in [-0.25, -0.2) is 8.42 Å². The highest BCUT2D eigenvalue weighted by molar-refractivity contribution is 7.94. The van der Waals surface area contributed by atoms with Gasteiger partial charge in [0.2, 0.25) is 0 Å².